The lowest BCUT2D eigenvalue weighted by molar-refractivity contribution is 0.601. The molecule has 0 atom stereocenters. The van der Waals surface area contributed by atoms with Crippen molar-refractivity contribution >= 4 is 48.9 Å². The summed E-state index contributed by atoms with van der Waals surface area (Å²) in [6.45, 7) is 2.28. The van der Waals surface area contributed by atoms with E-state index in [-0.39, 0.29) is 9.77 Å². The molecule has 0 fully saturated rings. The van der Waals surface area contributed by atoms with Crippen LogP contribution >= 0.6 is 22.9 Å². The van der Waals surface area contributed by atoms with Crippen LogP contribution in [0.5, 0.6) is 0 Å². The fourth-order valence-corrected chi connectivity index (χ4v) is 5.26. The normalized spacial score (nSPS) is 11.7. The van der Waals surface area contributed by atoms with Gasteiger partial charge in [0.2, 0.25) is 0 Å². The summed E-state index contributed by atoms with van der Waals surface area (Å²) in [4.78, 5) is 12.4. The molecule has 0 bridgehead atoms. The number of rotatable bonds is 5. The minimum atomic E-state index is -3.81. The summed E-state index contributed by atoms with van der Waals surface area (Å²) >= 11 is 7.12. The highest BCUT2D eigenvalue weighted by Gasteiger charge is 2.17. The van der Waals surface area contributed by atoms with Gasteiger partial charge in [-0.3, -0.25) is 14.1 Å². The Labute approximate surface area is 177 Å². The highest BCUT2D eigenvalue weighted by Crippen LogP contribution is 2.26. The van der Waals surface area contributed by atoms with E-state index in [1.54, 1.807) is 28.8 Å². The van der Waals surface area contributed by atoms with Crippen LogP contribution in [0.1, 0.15) is 11.1 Å². The van der Waals surface area contributed by atoms with E-state index in [1.165, 1.54) is 12.1 Å². The third-order valence-electron chi connectivity index (χ3n) is 4.56. The Kier molecular flexibility index (Phi) is 5.21. The Hall–Kier alpha value is -2.61. The van der Waals surface area contributed by atoms with E-state index in [2.05, 4.69) is 4.72 Å². The van der Waals surface area contributed by atoms with Crippen molar-refractivity contribution < 1.29 is 8.42 Å². The number of nitrogens with one attached hydrogen (secondary N) is 1. The summed E-state index contributed by atoms with van der Waals surface area (Å²) in [7, 11) is -3.81. The second kappa shape index (κ2) is 7.67. The molecule has 0 amide bonds. The Morgan fingerprint density at radius 3 is 2.52 bits per heavy atom. The molecular formula is C21H17ClN2O3S2. The second-order valence-electron chi connectivity index (χ2n) is 6.64. The van der Waals surface area contributed by atoms with E-state index in [0.717, 1.165) is 22.5 Å². The van der Waals surface area contributed by atoms with Crippen LogP contribution in [-0.2, 0) is 16.6 Å². The average Bonchev–Trinajstić information content (AvgIpc) is 3.00. The molecule has 1 heterocycles. The monoisotopic (exact) mass is 444 g/mol. The molecule has 0 aliphatic heterocycles. The number of fused-ring (bicyclic) bond motifs is 1. The van der Waals surface area contributed by atoms with Crippen molar-refractivity contribution in [3.63, 3.8) is 0 Å². The van der Waals surface area contributed by atoms with Gasteiger partial charge in [0.05, 0.1) is 27.3 Å². The zero-order valence-corrected chi connectivity index (χ0v) is 17.8. The molecule has 5 nitrogen and oxygen atoms in total. The zero-order valence-electron chi connectivity index (χ0n) is 15.4. The van der Waals surface area contributed by atoms with Crippen LogP contribution in [0.4, 0.5) is 5.69 Å². The van der Waals surface area contributed by atoms with Crippen molar-refractivity contribution in [2.45, 2.75) is 18.4 Å². The number of halogens is 1. The van der Waals surface area contributed by atoms with E-state index in [1.807, 2.05) is 37.3 Å². The molecule has 0 unspecified atom stereocenters. The lowest BCUT2D eigenvalue weighted by atomic mass is 10.2. The third-order valence-corrected chi connectivity index (χ3v) is 7.29. The molecule has 0 aliphatic carbocycles. The maximum Gasteiger partial charge on any atom is 0.308 e. The van der Waals surface area contributed by atoms with Crippen molar-refractivity contribution in [2.75, 3.05) is 4.72 Å². The van der Waals surface area contributed by atoms with Gasteiger partial charge in [-0.25, -0.2) is 8.42 Å². The lowest BCUT2D eigenvalue weighted by Gasteiger charge is -2.10. The van der Waals surface area contributed by atoms with Gasteiger partial charge in [-0.1, -0.05) is 59.3 Å². The molecule has 4 aromatic rings. The molecule has 8 heteroatoms. The Morgan fingerprint density at radius 1 is 1.03 bits per heavy atom. The number of hydrogen-bond acceptors (Lipinski definition) is 4. The van der Waals surface area contributed by atoms with Crippen molar-refractivity contribution in [1.29, 1.82) is 0 Å². The Morgan fingerprint density at radius 2 is 1.79 bits per heavy atom. The predicted octanol–water partition coefficient (Wildman–Crippen LogP) is 4.87. The van der Waals surface area contributed by atoms with E-state index in [0.29, 0.717) is 27.5 Å². The molecular weight excluding hydrogens is 428 g/mol. The van der Waals surface area contributed by atoms with Crippen molar-refractivity contribution in [3.05, 3.63) is 92.5 Å². The number of anilines is 1. The topological polar surface area (TPSA) is 68.2 Å². The molecule has 1 N–H and O–H groups in total. The van der Waals surface area contributed by atoms with Gasteiger partial charge in [-0.05, 0) is 48.4 Å². The van der Waals surface area contributed by atoms with Crippen molar-refractivity contribution in [1.82, 2.24) is 4.57 Å². The minimum Gasteiger partial charge on any atom is -0.294 e. The van der Waals surface area contributed by atoms with Gasteiger partial charge in [-0.2, -0.15) is 0 Å². The maximum absolute atomic E-state index is 12.8. The molecule has 3 aromatic carbocycles. The molecule has 0 saturated heterocycles. The van der Waals surface area contributed by atoms with Gasteiger partial charge >= 0.3 is 4.87 Å². The van der Waals surface area contributed by atoms with Crippen LogP contribution in [0.15, 0.2) is 76.4 Å². The van der Waals surface area contributed by atoms with Crippen LogP contribution < -0.4 is 9.60 Å². The van der Waals surface area contributed by atoms with Crippen LogP contribution in [0, 0.1) is 6.92 Å². The SMILES string of the molecule is Cc1ccc(NS(=O)(=O)c2ccc3c(c2)sc(=O)n3Cc2ccccc2)cc1Cl. The van der Waals surface area contributed by atoms with Crippen molar-refractivity contribution in [3.8, 4) is 0 Å². The van der Waals surface area contributed by atoms with Gasteiger partial charge in [0, 0.05) is 5.02 Å². The number of aryl methyl sites for hydroxylation is 1. The summed E-state index contributed by atoms with van der Waals surface area (Å²) in [5.41, 5.74) is 2.96. The first-order valence-electron chi connectivity index (χ1n) is 8.80. The van der Waals surface area contributed by atoms with E-state index in [9.17, 15) is 13.2 Å². The second-order valence-corrected chi connectivity index (χ2v) is 9.72. The van der Waals surface area contributed by atoms with E-state index in [4.69, 9.17) is 11.6 Å². The zero-order chi connectivity index (χ0) is 20.6. The first kappa shape index (κ1) is 19.7. The smallest absolute Gasteiger partial charge is 0.294 e. The Bertz CT molecular complexity index is 1360. The molecule has 1 aromatic heterocycles. The van der Waals surface area contributed by atoms with Crippen LogP contribution in [0.3, 0.4) is 0 Å². The summed E-state index contributed by atoms with van der Waals surface area (Å²) in [6, 6.07) is 19.3. The number of aromatic nitrogens is 1. The highest BCUT2D eigenvalue weighted by atomic mass is 35.5. The molecule has 4 rings (SSSR count). The summed E-state index contributed by atoms with van der Waals surface area (Å²) in [5.74, 6) is 0. The van der Waals surface area contributed by atoms with Crippen LogP contribution in [0.25, 0.3) is 10.2 Å². The average molecular weight is 445 g/mol. The molecule has 0 spiro atoms. The minimum absolute atomic E-state index is 0.0924. The highest BCUT2D eigenvalue weighted by molar-refractivity contribution is 7.92. The quantitative estimate of drug-likeness (QED) is 0.477. The summed E-state index contributed by atoms with van der Waals surface area (Å²) in [6.07, 6.45) is 0. The first-order chi connectivity index (χ1) is 13.8. The third kappa shape index (κ3) is 4.07. The number of nitrogens with zero attached hydrogens (tertiary/aromatic N) is 1. The maximum atomic E-state index is 12.8. The number of thiazole rings is 1. The fourth-order valence-electron chi connectivity index (χ4n) is 3.00. The van der Waals surface area contributed by atoms with Gasteiger partial charge in [0.15, 0.2) is 0 Å². The van der Waals surface area contributed by atoms with Crippen LogP contribution in [0.2, 0.25) is 5.02 Å². The predicted molar refractivity (Wildman–Crippen MR) is 119 cm³/mol. The largest absolute Gasteiger partial charge is 0.308 e. The number of hydrogen-bond donors (Lipinski definition) is 1. The molecule has 0 aliphatic rings. The summed E-state index contributed by atoms with van der Waals surface area (Å²) < 4.78 is 30.4. The number of sulfonamides is 1. The van der Waals surface area contributed by atoms with E-state index >= 15 is 0 Å². The molecule has 0 saturated carbocycles. The molecule has 0 radical (unpaired) electrons. The molecule has 148 valence electrons. The summed E-state index contributed by atoms with van der Waals surface area (Å²) in [5, 5.41) is 0.483. The van der Waals surface area contributed by atoms with Gasteiger partial charge in [0.1, 0.15) is 0 Å². The Balaban J connectivity index is 1.68. The number of benzene rings is 3. The van der Waals surface area contributed by atoms with Crippen molar-refractivity contribution in [2.24, 2.45) is 0 Å². The molecule has 29 heavy (non-hydrogen) atoms. The van der Waals surface area contributed by atoms with Gasteiger partial charge in [0.25, 0.3) is 10.0 Å². The first-order valence-corrected chi connectivity index (χ1v) is 11.5. The lowest BCUT2D eigenvalue weighted by Crippen LogP contribution is -2.14. The van der Waals surface area contributed by atoms with Crippen LogP contribution in [-0.4, -0.2) is 13.0 Å². The standard InChI is InChI=1S/C21H17ClN2O3S2/c1-14-7-8-16(11-18(14)22)23-29(26,27)17-9-10-19-20(12-17)28-21(25)24(19)13-15-5-3-2-4-6-15/h2-12,23H,13H2,1H3. The van der Waals surface area contributed by atoms with Gasteiger partial charge in [-0.15, -0.1) is 0 Å². The fraction of sp³-hybridized carbons (Fsp3) is 0.0952. The van der Waals surface area contributed by atoms with Gasteiger partial charge < -0.3 is 0 Å². The van der Waals surface area contributed by atoms with E-state index < -0.39 is 10.0 Å².